The van der Waals surface area contributed by atoms with Crippen LogP contribution in [0, 0.1) is 0 Å². The van der Waals surface area contributed by atoms with Crippen molar-refractivity contribution >= 4 is 44.8 Å². The molecule has 0 aliphatic carbocycles. The number of benzene rings is 1. The van der Waals surface area contributed by atoms with Crippen molar-refractivity contribution in [3.8, 4) is 0 Å². The Morgan fingerprint density at radius 1 is 1.24 bits per heavy atom. The number of pyridine rings is 1. The largest absolute Gasteiger partial charge is 0.322 e. The predicted molar refractivity (Wildman–Crippen MR) is 97.4 cm³/mol. The van der Waals surface area contributed by atoms with E-state index in [1.807, 2.05) is 12.1 Å². The molecule has 1 amide bonds. The maximum Gasteiger partial charge on any atom is 0.248 e. The van der Waals surface area contributed by atoms with Gasteiger partial charge in [-0.2, -0.15) is 0 Å². The lowest BCUT2D eigenvalue weighted by Gasteiger charge is -2.04. The molecule has 0 spiro atoms. The topological polar surface area (TPSA) is 80.5 Å². The standard InChI is InChI=1S/C17H14ClN3O3S/c1-25(23,24)13-6-4-5-12(11-13)19-16(22)9-8-14-17(18)20-15-7-2-3-10-21(14)15/h2-11H,1H3,(H,19,22)/b9-8+. The zero-order chi connectivity index (χ0) is 18.0. The van der Waals surface area contributed by atoms with Crippen molar-refractivity contribution in [2.24, 2.45) is 0 Å². The third-order valence-electron chi connectivity index (χ3n) is 3.44. The van der Waals surface area contributed by atoms with Crippen LogP contribution >= 0.6 is 11.6 Å². The summed E-state index contributed by atoms with van der Waals surface area (Å²) in [5, 5.41) is 2.91. The number of nitrogens with zero attached hydrogens (tertiary/aromatic N) is 2. The smallest absolute Gasteiger partial charge is 0.248 e. The van der Waals surface area contributed by atoms with Crippen molar-refractivity contribution in [2.75, 3.05) is 11.6 Å². The maximum absolute atomic E-state index is 12.1. The lowest BCUT2D eigenvalue weighted by molar-refractivity contribution is -0.111. The average Bonchev–Trinajstić information content (AvgIpc) is 2.87. The van der Waals surface area contributed by atoms with Crippen LogP contribution in [-0.2, 0) is 14.6 Å². The van der Waals surface area contributed by atoms with Gasteiger partial charge in [0.15, 0.2) is 15.0 Å². The first-order valence-corrected chi connectivity index (χ1v) is 9.53. The molecule has 0 aliphatic rings. The number of hydrogen-bond donors (Lipinski definition) is 1. The van der Waals surface area contributed by atoms with Gasteiger partial charge in [0.25, 0.3) is 0 Å². The molecule has 0 saturated carbocycles. The number of aromatic nitrogens is 2. The van der Waals surface area contributed by atoms with Gasteiger partial charge >= 0.3 is 0 Å². The summed E-state index contributed by atoms with van der Waals surface area (Å²) in [5.41, 5.74) is 1.65. The number of hydrogen-bond acceptors (Lipinski definition) is 4. The molecule has 0 radical (unpaired) electrons. The minimum absolute atomic E-state index is 0.138. The lowest BCUT2D eigenvalue weighted by Crippen LogP contribution is -2.08. The Bertz CT molecular complexity index is 1090. The Labute approximate surface area is 149 Å². The quantitative estimate of drug-likeness (QED) is 0.711. The van der Waals surface area contributed by atoms with Gasteiger partial charge in [-0.3, -0.25) is 9.20 Å². The molecule has 0 aliphatic heterocycles. The second-order valence-corrected chi connectivity index (χ2v) is 7.71. The summed E-state index contributed by atoms with van der Waals surface area (Å²) in [4.78, 5) is 16.4. The van der Waals surface area contributed by atoms with Gasteiger partial charge in [-0.25, -0.2) is 13.4 Å². The Kier molecular flexibility index (Phi) is 4.61. The van der Waals surface area contributed by atoms with E-state index in [1.54, 1.807) is 34.9 Å². The molecule has 0 unspecified atom stereocenters. The fraction of sp³-hybridized carbons (Fsp3) is 0.0588. The van der Waals surface area contributed by atoms with Crippen LogP contribution in [0.25, 0.3) is 11.7 Å². The molecule has 1 N–H and O–H groups in total. The van der Waals surface area contributed by atoms with Crippen LogP contribution in [-0.4, -0.2) is 30.0 Å². The van der Waals surface area contributed by atoms with Gasteiger partial charge in [0.1, 0.15) is 5.65 Å². The van der Waals surface area contributed by atoms with E-state index in [4.69, 9.17) is 11.6 Å². The second-order valence-electron chi connectivity index (χ2n) is 5.34. The van der Waals surface area contributed by atoms with Crippen LogP contribution in [0.15, 0.2) is 59.6 Å². The summed E-state index contributed by atoms with van der Waals surface area (Å²) in [6.07, 6.45) is 5.77. The van der Waals surface area contributed by atoms with E-state index in [0.717, 1.165) is 6.26 Å². The number of carbonyl (C=O) groups excluding carboxylic acids is 1. The molecular formula is C17H14ClN3O3S. The minimum Gasteiger partial charge on any atom is -0.322 e. The molecule has 128 valence electrons. The second kappa shape index (κ2) is 6.70. The first-order valence-electron chi connectivity index (χ1n) is 7.26. The summed E-state index contributed by atoms with van der Waals surface area (Å²) >= 11 is 6.10. The molecule has 0 fully saturated rings. The number of imidazole rings is 1. The number of anilines is 1. The zero-order valence-corrected chi connectivity index (χ0v) is 14.8. The zero-order valence-electron chi connectivity index (χ0n) is 13.2. The number of carbonyl (C=O) groups is 1. The van der Waals surface area contributed by atoms with Gasteiger partial charge in [0.2, 0.25) is 5.91 Å². The van der Waals surface area contributed by atoms with E-state index in [2.05, 4.69) is 10.3 Å². The van der Waals surface area contributed by atoms with Crippen molar-refractivity contribution < 1.29 is 13.2 Å². The Morgan fingerprint density at radius 2 is 2.04 bits per heavy atom. The highest BCUT2D eigenvalue weighted by Crippen LogP contribution is 2.19. The number of rotatable bonds is 4. The lowest BCUT2D eigenvalue weighted by atomic mass is 10.3. The molecule has 3 aromatic rings. The Hall–Kier alpha value is -2.64. The highest BCUT2D eigenvalue weighted by Gasteiger charge is 2.09. The average molecular weight is 376 g/mol. The van der Waals surface area contributed by atoms with Crippen molar-refractivity contribution in [1.29, 1.82) is 0 Å². The molecule has 0 saturated heterocycles. The molecule has 3 rings (SSSR count). The number of nitrogens with one attached hydrogen (secondary N) is 1. The van der Waals surface area contributed by atoms with Crippen molar-refractivity contribution in [2.45, 2.75) is 4.90 Å². The van der Waals surface area contributed by atoms with Crippen LogP contribution in [0.2, 0.25) is 5.15 Å². The Balaban J connectivity index is 1.81. The summed E-state index contributed by atoms with van der Waals surface area (Å²) in [6, 6.07) is 11.5. The first-order chi connectivity index (χ1) is 11.8. The number of fused-ring (bicyclic) bond motifs is 1. The molecule has 0 atom stereocenters. The summed E-state index contributed by atoms with van der Waals surface area (Å²) in [7, 11) is -3.34. The van der Waals surface area contributed by atoms with E-state index in [-0.39, 0.29) is 10.0 Å². The van der Waals surface area contributed by atoms with Crippen LogP contribution in [0.1, 0.15) is 5.69 Å². The van der Waals surface area contributed by atoms with Crippen molar-refractivity contribution in [1.82, 2.24) is 9.38 Å². The van der Waals surface area contributed by atoms with Crippen molar-refractivity contribution in [3.63, 3.8) is 0 Å². The van der Waals surface area contributed by atoms with Gasteiger partial charge in [-0.05, 0) is 36.4 Å². The minimum atomic E-state index is -3.34. The molecule has 8 heteroatoms. The number of amides is 1. The van der Waals surface area contributed by atoms with Crippen LogP contribution < -0.4 is 5.32 Å². The summed E-state index contributed by atoms with van der Waals surface area (Å²) < 4.78 is 24.9. The molecule has 0 bridgehead atoms. The normalized spacial score (nSPS) is 11.9. The van der Waals surface area contributed by atoms with Gasteiger partial charge in [0.05, 0.1) is 10.6 Å². The first kappa shape index (κ1) is 17.2. The van der Waals surface area contributed by atoms with Crippen LogP contribution in [0.3, 0.4) is 0 Å². The molecule has 1 aromatic carbocycles. The van der Waals surface area contributed by atoms with Gasteiger partial charge < -0.3 is 5.32 Å². The highest BCUT2D eigenvalue weighted by molar-refractivity contribution is 7.90. The summed E-state index contributed by atoms with van der Waals surface area (Å²) in [6.45, 7) is 0. The van der Waals surface area contributed by atoms with Gasteiger partial charge in [-0.1, -0.05) is 23.7 Å². The van der Waals surface area contributed by atoms with Crippen LogP contribution in [0.5, 0.6) is 0 Å². The van der Waals surface area contributed by atoms with E-state index >= 15 is 0 Å². The molecule has 25 heavy (non-hydrogen) atoms. The monoisotopic (exact) mass is 375 g/mol. The SMILES string of the molecule is CS(=O)(=O)c1cccc(NC(=O)/C=C/c2c(Cl)nc3ccccn23)c1. The third kappa shape index (κ3) is 3.89. The third-order valence-corrected chi connectivity index (χ3v) is 4.83. The highest BCUT2D eigenvalue weighted by atomic mass is 35.5. The van der Waals surface area contributed by atoms with E-state index < -0.39 is 15.7 Å². The number of sulfone groups is 1. The molecule has 2 aromatic heterocycles. The summed E-state index contributed by atoms with van der Waals surface area (Å²) in [5.74, 6) is -0.410. The molecule has 6 nitrogen and oxygen atoms in total. The van der Waals surface area contributed by atoms with Crippen LogP contribution in [0.4, 0.5) is 5.69 Å². The fourth-order valence-corrected chi connectivity index (χ4v) is 3.19. The predicted octanol–water partition coefficient (Wildman–Crippen LogP) is 3.04. The van der Waals surface area contributed by atoms with E-state index in [0.29, 0.717) is 17.0 Å². The maximum atomic E-state index is 12.1. The van der Waals surface area contributed by atoms with E-state index in [9.17, 15) is 13.2 Å². The Morgan fingerprint density at radius 3 is 2.80 bits per heavy atom. The number of halogens is 1. The van der Waals surface area contributed by atoms with Gasteiger partial charge in [0, 0.05) is 24.2 Å². The fourth-order valence-electron chi connectivity index (χ4n) is 2.28. The van der Waals surface area contributed by atoms with E-state index in [1.165, 1.54) is 18.2 Å². The van der Waals surface area contributed by atoms with Gasteiger partial charge in [-0.15, -0.1) is 0 Å². The molecular weight excluding hydrogens is 362 g/mol. The molecule has 2 heterocycles. The van der Waals surface area contributed by atoms with Crippen molar-refractivity contribution in [3.05, 3.63) is 65.6 Å².